The van der Waals surface area contributed by atoms with Crippen molar-refractivity contribution in [3.8, 4) is 0 Å². The van der Waals surface area contributed by atoms with Crippen molar-refractivity contribution >= 4 is 31.8 Å². The highest BCUT2D eigenvalue weighted by Gasteiger charge is 2.19. The molecule has 0 atom stereocenters. The number of halogens is 1. The number of ether oxygens (including phenoxy) is 1. The van der Waals surface area contributed by atoms with E-state index in [0.29, 0.717) is 23.4 Å². The summed E-state index contributed by atoms with van der Waals surface area (Å²) in [5.74, 6) is 0.328. The van der Waals surface area contributed by atoms with Gasteiger partial charge in [-0.3, -0.25) is 0 Å². The summed E-state index contributed by atoms with van der Waals surface area (Å²) in [5, 5.41) is 2.78. The van der Waals surface area contributed by atoms with Gasteiger partial charge in [0, 0.05) is 30.9 Å². The number of hydrogen-bond acceptors (Lipinski definition) is 5. The van der Waals surface area contributed by atoms with Gasteiger partial charge < -0.3 is 10.1 Å². The molecule has 0 spiro atoms. The molecule has 0 radical (unpaired) electrons. The first-order valence-electron chi connectivity index (χ1n) is 6.81. The summed E-state index contributed by atoms with van der Waals surface area (Å²) in [6.07, 6.45) is 3.29. The summed E-state index contributed by atoms with van der Waals surface area (Å²) >= 11 is 3.23. The van der Waals surface area contributed by atoms with Gasteiger partial charge in [0.15, 0.2) is 0 Å². The first kappa shape index (κ1) is 18.3. The van der Waals surface area contributed by atoms with E-state index in [1.807, 2.05) is 13.8 Å². The van der Waals surface area contributed by atoms with Crippen molar-refractivity contribution in [2.75, 3.05) is 25.5 Å². The molecule has 1 aromatic rings. The molecule has 0 unspecified atom stereocenters. The van der Waals surface area contributed by atoms with Crippen molar-refractivity contribution in [3.63, 3.8) is 0 Å². The average molecular weight is 380 g/mol. The van der Waals surface area contributed by atoms with Crippen molar-refractivity contribution in [3.05, 3.63) is 16.7 Å². The Hall–Kier alpha value is -0.700. The van der Waals surface area contributed by atoms with Gasteiger partial charge in [0.1, 0.15) is 10.7 Å². The zero-order valence-corrected chi connectivity index (χ0v) is 14.9. The SMILES string of the molecule is CNc1ncc(Br)cc1S(=O)(=O)NCCCCOC(C)C. The number of aromatic nitrogens is 1. The fourth-order valence-corrected chi connectivity index (χ4v) is 3.39. The Labute approximate surface area is 134 Å². The maximum atomic E-state index is 12.3. The molecule has 0 aliphatic heterocycles. The van der Waals surface area contributed by atoms with E-state index in [-0.39, 0.29) is 11.0 Å². The molecule has 0 aromatic carbocycles. The molecule has 6 nitrogen and oxygen atoms in total. The van der Waals surface area contributed by atoms with Gasteiger partial charge >= 0.3 is 0 Å². The number of nitrogens with zero attached hydrogens (tertiary/aromatic N) is 1. The zero-order chi connectivity index (χ0) is 15.9. The quantitative estimate of drug-likeness (QED) is 0.643. The summed E-state index contributed by atoms with van der Waals surface area (Å²) < 4.78 is 33.1. The van der Waals surface area contributed by atoms with Crippen LogP contribution in [-0.4, -0.2) is 39.7 Å². The van der Waals surface area contributed by atoms with Crippen molar-refractivity contribution in [1.29, 1.82) is 0 Å². The Morgan fingerprint density at radius 2 is 2.10 bits per heavy atom. The Morgan fingerprint density at radius 1 is 1.38 bits per heavy atom. The van der Waals surface area contributed by atoms with Gasteiger partial charge in [-0.2, -0.15) is 0 Å². The third kappa shape index (κ3) is 6.29. The summed E-state index contributed by atoms with van der Waals surface area (Å²) in [6.45, 7) is 4.96. The number of anilines is 1. The number of hydrogen-bond donors (Lipinski definition) is 2. The van der Waals surface area contributed by atoms with Crippen molar-refractivity contribution in [2.24, 2.45) is 0 Å². The van der Waals surface area contributed by atoms with Gasteiger partial charge in [-0.1, -0.05) is 0 Å². The van der Waals surface area contributed by atoms with E-state index < -0.39 is 10.0 Å². The highest BCUT2D eigenvalue weighted by molar-refractivity contribution is 9.10. The van der Waals surface area contributed by atoms with Gasteiger partial charge in [0.25, 0.3) is 0 Å². The third-order valence-electron chi connectivity index (χ3n) is 2.66. The second kappa shape index (κ2) is 8.67. The Balaban J connectivity index is 2.56. The van der Waals surface area contributed by atoms with Crippen LogP contribution in [0.15, 0.2) is 21.6 Å². The van der Waals surface area contributed by atoms with E-state index >= 15 is 0 Å². The molecule has 0 bridgehead atoms. The molecule has 1 aromatic heterocycles. The minimum Gasteiger partial charge on any atom is -0.379 e. The molecule has 8 heteroatoms. The molecule has 0 amide bonds. The number of nitrogens with one attached hydrogen (secondary N) is 2. The number of sulfonamides is 1. The molecule has 21 heavy (non-hydrogen) atoms. The Kier molecular flexibility index (Phi) is 7.58. The number of unbranched alkanes of at least 4 members (excludes halogenated alkanes) is 1. The fourth-order valence-electron chi connectivity index (χ4n) is 1.64. The fraction of sp³-hybridized carbons (Fsp3) is 0.615. The van der Waals surface area contributed by atoms with Crippen LogP contribution in [-0.2, 0) is 14.8 Å². The molecule has 1 heterocycles. The standard InChI is InChI=1S/C13H22BrN3O3S/c1-10(2)20-7-5-4-6-17-21(18,19)12-8-11(14)9-16-13(12)15-3/h8-10,17H,4-7H2,1-3H3,(H,15,16). The summed E-state index contributed by atoms with van der Waals surface area (Å²) in [7, 11) is -1.94. The first-order chi connectivity index (χ1) is 9.86. The molecule has 1 rings (SSSR count). The van der Waals surface area contributed by atoms with Gasteiger partial charge in [0.2, 0.25) is 10.0 Å². The highest BCUT2D eigenvalue weighted by Crippen LogP contribution is 2.22. The molecule has 0 fully saturated rings. The molecule has 0 aliphatic rings. The topological polar surface area (TPSA) is 80.3 Å². The van der Waals surface area contributed by atoms with Crippen molar-refractivity contribution in [1.82, 2.24) is 9.71 Å². The summed E-state index contributed by atoms with van der Waals surface area (Å²) in [6, 6.07) is 1.53. The molecule has 120 valence electrons. The molecular formula is C13H22BrN3O3S. The van der Waals surface area contributed by atoms with Crippen LogP contribution in [0.1, 0.15) is 26.7 Å². The molecule has 0 saturated carbocycles. The van der Waals surface area contributed by atoms with E-state index in [9.17, 15) is 8.42 Å². The largest absolute Gasteiger partial charge is 0.379 e. The van der Waals surface area contributed by atoms with E-state index in [2.05, 4.69) is 31.0 Å². The van der Waals surface area contributed by atoms with Crippen LogP contribution in [0.25, 0.3) is 0 Å². The monoisotopic (exact) mass is 379 g/mol. The van der Waals surface area contributed by atoms with E-state index in [1.54, 1.807) is 13.2 Å². The minimum atomic E-state index is -3.57. The first-order valence-corrected chi connectivity index (χ1v) is 9.09. The van der Waals surface area contributed by atoms with Crippen LogP contribution in [0, 0.1) is 0 Å². The highest BCUT2D eigenvalue weighted by atomic mass is 79.9. The van der Waals surface area contributed by atoms with Crippen LogP contribution in [0.4, 0.5) is 5.82 Å². The molecular weight excluding hydrogens is 358 g/mol. The Bertz CT molecular complexity index is 550. The zero-order valence-electron chi connectivity index (χ0n) is 12.5. The van der Waals surface area contributed by atoms with E-state index in [4.69, 9.17) is 4.74 Å². The van der Waals surface area contributed by atoms with Gasteiger partial charge in [0.05, 0.1) is 6.10 Å². The van der Waals surface area contributed by atoms with Crippen LogP contribution >= 0.6 is 15.9 Å². The summed E-state index contributed by atoms with van der Waals surface area (Å²) in [4.78, 5) is 4.18. The average Bonchev–Trinajstić information content (AvgIpc) is 2.42. The lowest BCUT2D eigenvalue weighted by molar-refractivity contribution is 0.0762. The molecule has 0 aliphatic carbocycles. The second-order valence-electron chi connectivity index (χ2n) is 4.77. The van der Waals surface area contributed by atoms with E-state index in [1.165, 1.54) is 6.07 Å². The maximum Gasteiger partial charge on any atom is 0.244 e. The van der Waals surface area contributed by atoms with Crippen LogP contribution in [0.2, 0.25) is 0 Å². The smallest absolute Gasteiger partial charge is 0.244 e. The van der Waals surface area contributed by atoms with Crippen LogP contribution < -0.4 is 10.0 Å². The summed E-state index contributed by atoms with van der Waals surface area (Å²) in [5.41, 5.74) is 0. The van der Waals surface area contributed by atoms with Gasteiger partial charge in [-0.15, -0.1) is 0 Å². The minimum absolute atomic E-state index is 0.137. The lowest BCUT2D eigenvalue weighted by Crippen LogP contribution is -2.26. The predicted molar refractivity (Wildman–Crippen MR) is 87.0 cm³/mol. The van der Waals surface area contributed by atoms with Crippen LogP contribution in [0.5, 0.6) is 0 Å². The number of pyridine rings is 1. The predicted octanol–water partition coefficient (Wildman–Crippen LogP) is 2.37. The molecule has 2 N–H and O–H groups in total. The maximum absolute atomic E-state index is 12.3. The van der Waals surface area contributed by atoms with Gasteiger partial charge in [-0.25, -0.2) is 18.1 Å². The lowest BCUT2D eigenvalue weighted by atomic mass is 10.3. The third-order valence-corrected chi connectivity index (χ3v) is 4.57. The normalized spacial score (nSPS) is 11.9. The lowest BCUT2D eigenvalue weighted by Gasteiger charge is -2.11. The molecule has 0 saturated heterocycles. The number of rotatable bonds is 9. The Morgan fingerprint density at radius 3 is 2.71 bits per heavy atom. The van der Waals surface area contributed by atoms with Gasteiger partial charge in [-0.05, 0) is 48.7 Å². The second-order valence-corrected chi connectivity index (χ2v) is 7.43. The van der Waals surface area contributed by atoms with Crippen molar-refractivity contribution < 1.29 is 13.2 Å². The van der Waals surface area contributed by atoms with E-state index in [0.717, 1.165) is 12.8 Å². The van der Waals surface area contributed by atoms with Crippen LogP contribution in [0.3, 0.4) is 0 Å². The van der Waals surface area contributed by atoms with Crippen molar-refractivity contribution in [2.45, 2.75) is 37.7 Å².